The van der Waals surface area contributed by atoms with Gasteiger partial charge < -0.3 is 9.64 Å². The van der Waals surface area contributed by atoms with Crippen LogP contribution in [-0.4, -0.2) is 45.8 Å². The number of fused-ring (bicyclic) bond motifs is 1. The fourth-order valence-corrected chi connectivity index (χ4v) is 3.19. The van der Waals surface area contributed by atoms with Crippen molar-refractivity contribution in [3.05, 3.63) is 50.6 Å². The lowest BCUT2D eigenvalue weighted by molar-refractivity contribution is 0.122. The summed E-state index contributed by atoms with van der Waals surface area (Å²) in [5.41, 5.74) is 0.813. The van der Waals surface area contributed by atoms with Gasteiger partial charge in [-0.25, -0.2) is 4.98 Å². The van der Waals surface area contributed by atoms with Crippen LogP contribution in [0.3, 0.4) is 0 Å². The van der Waals surface area contributed by atoms with Gasteiger partial charge in [0.05, 0.1) is 13.2 Å². The van der Waals surface area contributed by atoms with Crippen LogP contribution in [-0.2, 0) is 4.74 Å². The van der Waals surface area contributed by atoms with Crippen molar-refractivity contribution >= 4 is 40.8 Å². The number of ether oxygens (including phenoxy) is 1. The summed E-state index contributed by atoms with van der Waals surface area (Å²) < 4.78 is 7.35. The van der Waals surface area contributed by atoms with Crippen molar-refractivity contribution in [1.82, 2.24) is 19.5 Å². The van der Waals surface area contributed by atoms with Gasteiger partial charge in [-0.15, -0.1) is 0 Å². The Bertz CT molecular complexity index is 1040. The first kappa shape index (κ1) is 16.2. The lowest BCUT2D eigenvalue weighted by Gasteiger charge is -2.27. The van der Waals surface area contributed by atoms with Gasteiger partial charge in [-0.05, 0) is 24.3 Å². The Hall–Kier alpha value is -2.29. The minimum Gasteiger partial charge on any atom is -0.378 e. The normalized spacial score (nSPS) is 14.8. The molecule has 25 heavy (non-hydrogen) atoms. The number of aromatic amines is 1. The fraction of sp³-hybridized carbons (Fsp3) is 0.250. The summed E-state index contributed by atoms with van der Waals surface area (Å²) in [7, 11) is 0. The number of hydrogen-bond donors (Lipinski definition) is 1. The van der Waals surface area contributed by atoms with Crippen LogP contribution >= 0.6 is 23.8 Å². The molecule has 4 rings (SSSR count). The van der Waals surface area contributed by atoms with Crippen molar-refractivity contribution in [2.75, 3.05) is 31.2 Å². The Morgan fingerprint density at radius 3 is 2.64 bits per heavy atom. The van der Waals surface area contributed by atoms with Crippen molar-refractivity contribution in [2.45, 2.75) is 0 Å². The second-order valence-electron chi connectivity index (χ2n) is 5.58. The lowest BCUT2D eigenvalue weighted by atomic mass is 10.3. The first-order chi connectivity index (χ1) is 12.1. The molecule has 0 atom stereocenters. The predicted octanol–water partition coefficient (Wildman–Crippen LogP) is 2.33. The number of hydrogen-bond acceptors (Lipinski definition) is 6. The standard InChI is InChI=1S/C16H14ClN5O2S/c17-10-1-3-11(4-2-10)22-9-18-13-12(15(22)25)14(23)20-16(19-13)21-5-7-24-8-6-21/h1-4,9H,5-8H2,(H,19,20,23). The van der Waals surface area contributed by atoms with E-state index < -0.39 is 0 Å². The molecule has 0 saturated carbocycles. The van der Waals surface area contributed by atoms with Gasteiger partial charge >= 0.3 is 0 Å². The van der Waals surface area contributed by atoms with Crippen LogP contribution in [0.2, 0.25) is 5.02 Å². The number of halogens is 1. The highest BCUT2D eigenvalue weighted by molar-refractivity contribution is 7.71. The van der Waals surface area contributed by atoms with E-state index in [0.29, 0.717) is 52.9 Å². The summed E-state index contributed by atoms with van der Waals surface area (Å²) in [6.07, 6.45) is 1.57. The van der Waals surface area contributed by atoms with E-state index in [1.165, 1.54) is 0 Å². The Balaban J connectivity index is 1.84. The molecule has 2 aromatic heterocycles. The summed E-state index contributed by atoms with van der Waals surface area (Å²) in [6.45, 7) is 2.55. The van der Waals surface area contributed by atoms with Crippen molar-refractivity contribution < 1.29 is 4.74 Å². The molecular formula is C16H14ClN5O2S. The molecule has 0 bridgehead atoms. The quantitative estimate of drug-likeness (QED) is 0.693. The summed E-state index contributed by atoms with van der Waals surface area (Å²) in [4.78, 5) is 26.2. The average Bonchev–Trinajstić information content (AvgIpc) is 2.63. The highest BCUT2D eigenvalue weighted by atomic mass is 35.5. The number of benzene rings is 1. The molecule has 0 radical (unpaired) electrons. The molecule has 0 unspecified atom stereocenters. The van der Waals surface area contributed by atoms with E-state index in [-0.39, 0.29) is 5.56 Å². The Morgan fingerprint density at radius 1 is 1.20 bits per heavy atom. The minimum atomic E-state index is -0.299. The van der Waals surface area contributed by atoms with Gasteiger partial charge in [0.2, 0.25) is 5.95 Å². The van der Waals surface area contributed by atoms with Gasteiger partial charge in [0, 0.05) is 23.8 Å². The molecule has 0 amide bonds. The number of nitrogens with one attached hydrogen (secondary N) is 1. The first-order valence-corrected chi connectivity index (χ1v) is 8.52. The minimum absolute atomic E-state index is 0.296. The monoisotopic (exact) mass is 375 g/mol. The lowest BCUT2D eigenvalue weighted by Crippen LogP contribution is -2.38. The summed E-state index contributed by atoms with van der Waals surface area (Å²) >= 11 is 11.4. The van der Waals surface area contributed by atoms with Gasteiger partial charge in [-0.1, -0.05) is 23.8 Å². The summed E-state index contributed by atoms with van der Waals surface area (Å²) in [5, 5.41) is 0.920. The molecule has 1 N–H and O–H groups in total. The molecule has 0 spiro atoms. The maximum atomic E-state index is 12.6. The summed E-state index contributed by atoms with van der Waals surface area (Å²) in [5.74, 6) is 0.493. The molecule has 9 heteroatoms. The summed E-state index contributed by atoms with van der Waals surface area (Å²) in [6, 6.07) is 7.14. The van der Waals surface area contributed by atoms with Crippen LogP contribution in [0.5, 0.6) is 0 Å². The SMILES string of the molecule is O=c1[nH]c(N2CCOCC2)nc2ncn(-c3ccc(Cl)cc3)c(=S)c12. The molecule has 0 aliphatic carbocycles. The van der Waals surface area contributed by atoms with Crippen molar-refractivity contribution in [3.8, 4) is 5.69 Å². The van der Waals surface area contributed by atoms with Gasteiger partial charge in [-0.3, -0.25) is 14.3 Å². The third-order valence-electron chi connectivity index (χ3n) is 4.03. The Morgan fingerprint density at radius 2 is 1.92 bits per heavy atom. The van der Waals surface area contributed by atoms with Crippen LogP contribution in [0.1, 0.15) is 0 Å². The van der Waals surface area contributed by atoms with Crippen LogP contribution in [0, 0.1) is 4.64 Å². The zero-order valence-corrected chi connectivity index (χ0v) is 14.7. The van der Waals surface area contributed by atoms with Gasteiger partial charge in [0.15, 0.2) is 5.65 Å². The molecule has 128 valence electrons. The van der Waals surface area contributed by atoms with E-state index >= 15 is 0 Å². The molecule has 1 aromatic carbocycles. The van der Waals surface area contributed by atoms with Crippen molar-refractivity contribution in [3.63, 3.8) is 0 Å². The molecule has 3 aromatic rings. The number of aromatic nitrogens is 4. The molecule has 3 heterocycles. The molecule has 1 saturated heterocycles. The molecule has 1 aliphatic heterocycles. The van der Waals surface area contributed by atoms with E-state index in [1.54, 1.807) is 23.0 Å². The maximum Gasteiger partial charge on any atom is 0.264 e. The predicted molar refractivity (Wildman–Crippen MR) is 98.4 cm³/mol. The third kappa shape index (κ3) is 3.04. The Kier molecular flexibility index (Phi) is 4.24. The zero-order chi connectivity index (χ0) is 17.4. The van der Waals surface area contributed by atoms with E-state index in [2.05, 4.69) is 15.0 Å². The largest absolute Gasteiger partial charge is 0.378 e. The van der Waals surface area contributed by atoms with E-state index in [9.17, 15) is 4.79 Å². The van der Waals surface area contributed by atoms with Crippen molar-refractivity contribution in [1.29, 1.82) is 0 Å². The number of morpholine rings is 1. The second kappa shape index (κ2) is 6.55. The van der Waals surface area contributed by atoms with Gasteiger partial charge in [0.1, 0.15) is 16.4 Å². The zero-order valence-electron chi connectivity index (χ0n) is 13.1. The van der Waals surface area contributed by atoms with E-state index in [1.807, 2.05) is 17.0 Å². The second-order valence-corrected chi connectivity index (χ2v) is 6.41. The number of anilines is 1. The van der Waals surface area contributed by atoms with Crippen molar-refractivity contribution in [2.24, 2.45) is 0 Å². The molecule has 1 fully saturated rings. The first-order valence-electron chi connectivity index (χ1n) is 7.74. The van der Waals surface area contributed by atoms with E-state index in [4.69, 9.17) is 28.6 Å². The highest BCUT2D eigenvalue weighted by Gasteiger charge is 2.16. The number of nitrogens with zero attached hydrogens (tertiary/aromatic N) is 4. The van der Waals surface area contributed by atoms with E-state index in [0.717, 1.165) is 5.69 Å². The van der Waals surface area contributed by atoms with Gasteiger partial charge in [-0.2, -0.15) is 4.98 Å². The molecular weight excluding hydrogens is 362 g/mol. The van der Waals surface area contributed by atoms with Crippen LogP contribution in [0.25, 0.3) is 16.7 Å². The smallest absolute Gasteiger partial charge is 0.264 e. The number of rotatable bonds is 2. The molecule has 7 nitrogen and oxygen atoms in total. The van der Waals surface area contributed by atoms with Crippen LogP contribution in [0.4, 0.5) is 5.95 Å². The topological polar surface area (TPSA) is 76.0 Å². The average molecular weight is 376 g/mol. The van der Waals surface area contributed by atoms with Crippen LogP contribution in [0.15, 0.2) is 35.4 Å². The van der Waals surface area contributed by atoms with Gasteiger partial charge in [0.25, 0.3) is 5.56 Å². The maximum absolute atomic E-state index is 12.6. The third-order valence-corrected chi connectivity index (χ3v) is 4.68. The Labute approximate surface area is 152 Å². The van der Waals surface area contributed by atoms with Crippen LogP contribution < -0.4 is 10.5 Å². The fourth-order valence-electron chi connectivity index (χ4n) is 2.73. The molecule has 1 aliphatic rings. The number of H-pyrrole nitrogens is 1. The highest BCUT2D eigenvalue weighted by Crippen LogP contribution is 2.17.